The van der Waals surface area contributed by atoms with E-state index in [1.807, 2.05) is 0 Å². The summed E-state index contributed by atoms with van der Waals surface area (Å²) in [6.45, 7) is 0. The van der Waals surface area contributed by atoms with Gasteiger partial charge in [-0.25, -0.2) is 9.37 Å². The van der Waals surface area contributed by atoms with Crippen LogP contribution in [-0.2, 0) is 16.0 Å². The van der Waals surface area contributed by atoms with Crippen molar-refractivity contribution in [2.45, 2.75) is 6.42 Å². The number of nitrogens with zero attached hydrogens (tertiary/aromatic N) is 1. The zero-order chi connectivity index (χ0) is 13.1. The molecule has 0 spiro atoms. The zero-order valence-electron chi connectivity index (χ0n) is 9.44. The quantitative estimate of drug-likeness (QED) is 0.812. The lowest BCUT2D eigenvalue weighted by molar-refractivity contribution is -0.139. The Morgan fingerprint density at radius 2 is 2.33 bits per heavy atom. The summed E-state index contributed by atoms with van der Waals surface area (Å²) in [7, 11) is 1.31. The molecule has 0 aliphatic rings. The fraction of sp³-hybridized carbons (Fsp3) is 0.167. The predicted octanol–water partition coefficient (Wildman–Crippen LogP) is 3.32. The van der Waals surface area contributed by atoms with Gasteiger partial charge in [-0.3, -0.25) is 4.79 Å². The molecule has 0 saturated carbocycles. The average molecular weight is 286 g/mol. The van der Waals surface area contributed by atoms with Gasteiger partial charge in [0.05, 0.1) is 19.2 Å². The monoisotopic (exact) mass is 285 g/mol. The highest BCUT2D eigenvalue weighted by Gasteiger charge is 2.12. The van der Waals surface area contributed by atoms with Gasteiger partial charge < -0.3 is 4.74 Å². The number of thiazole rings is 1. The van der Waals surface area contributed by atoms with Crippen molar-refractivity contribution < 1.29 is 13.9 Å². The topological polar surface area (TPSA) is 39.2 Å². The van der Waals surface area contributed by atoms with Crippen molar-refractivity contribution in [2.24, 2.45) is 0 Å². The molecular formula is C12H9ClFNO2S. The molecule has 0 bridgehead atoms. The third-order valence-electron chi connectivity index (χ3n) is 2.27. The first-order chi connectivity index (χ1) is 8.60. The fourth-order valence-electron chi connectivity index (χ4n) is 1.39. The molecule has 1 heterocycles. The second-order valence-electron chi connectivity index (χ2n) is 3.52. The summed E-state index contributed by atoms with van der Waals surface area (Å²) in [5.74, 6) is -0.801. The van der Waals surface area contributed by atoms with Gasteiger partial charge in [0.25, 0.3) is 0 Å². The molecule has 0 amide bonds. The molecule has 0 fully saturated rings. The number of methoxy groups -OCH3 is 1. The highest BCUT2D eigenvalue weighted by molar-refractivity contribution is 7.13. The number of carbonyl (C=O) groups excluding carboxylic acids is 1. The van der Waals surface area contributed by atoms with Gasteiger partial charge in [0.2, 0.25) is 0 Å². The minimum absolute atomic E-state index is 0.0855. The van der Waals surface area contributed by atoms with Gasteiger partial charge in [-0.15, -0.1) is 11.3 Å². The summed E-state index contributed by atoms with van der Waals surface area (Å²) in [5, 5.41) is 2.56. The average Bonchev–Trinajstić information content (AvgIpc) is 2.77. The van der Waals surface area contributed by atoms with E-state index in [2.05, 4.69) is 9.72 Å². The normalized spacial score (nSPS) is 10.4. The number of aromatic nitrogens is 1. The van der Waals surface area contributed by atoms with Crippen LogP contribution in [0.5, 0.6) is 0 Å². The third kappa shape index (κ3) is 2.86. The molecule has 0 aliphatic carbocycles. The molecule has 0 atom stereocenters. The number of rotatable bonds is 3. The van der Waals surface area contributed by atoms with E-state index in [-0.39, 0.29) is 12.4 Å². The minimum atomic E-state index is -0.429. The van der Waals surface area contributed by atoms with E-state index in [1.54, 1.807) is 17.5 Å². The number of benzene rings is 1. The number of esters is 1. The smallest absolute Gasteiger partial charge is 0.311 e. The van der Waals surface area contributed by atoms with Crippen molar-refractivity contribution in [1.82, 2.24) is 4.98 Å². The maximum absolute atomic E-state index is 13.7. The van der Waals surface area contributed by atoms with Crippen LogP contribution in [0.25, 0.3) is 10.6 Å². The van der Waals surface area contributed by atoms with Crippen LogP contribution in [0.4, 0.5) is 4.39 Å². The molecule has 94 valence electrons. The molecule has 2 aromatic rings. The van der Waals surface area contributed by atoms with Crippen molar-refractivity contribution in [1.29, 1.82) is 0 Å². The molecule has 6 heteroatoms. The number of hydrogen-bond donors (Lipinski definition) is 0. The van der Waals surface area contributed by atoms with Crippen molar-refractivity contribution >= 4 is 28.9 Å². The van der Waals surface area contributed by atoms with Gasteiger partial charge in [-0.1, -0.05) is 11.6 Å². The Kier molecular flexibility index (Phi) is 3.93. The minimum Gasteiger partial charge on any atom is -0.469 e. The van der Waals surface area contributed by atoms with Crippen molar-refractivity contribution in [2.75, 3.05) is 7.11 Å². The molecule has 3 nitrogen and oxygen atoms in total. The van der Waals surface area contributed by atoms with Gasteiger partial charge in [0, 0.05) is 16.0 Å². The van der Waals surface area contributed by atoms with Crippen LogP contribution in [0.1, 0.15) is 5.69 Å². The van der Waals surface area contributed by atoms with E-state index in [4.69, 9.17) is 11.6 Å². The Balaban J connectivity index is 2.26. The maximum Gasteiger partial charge on any atom is 0.311 e. The SMILES string of the molecule is COC(=O)Cc1csc(-c2ccc(Cl)cc2F)n1. The number of halogens is 2. The summed E-state index contributed by atoms with van der Waals surface area (Å²) in [4.78, 5) is 15.3. The summed E-state index contributed by atoms with van der Waals surface area (Å²) < 4.78 is 18.2. The van der Waals surface area contributed by atoms with Crippen LogP contribution in [0.2, 0.25) is 5.02 Å². The highest BCUT2D eigenvalue weighted by atomic mass is 35.5. The molecule has 0 aliphatic heterocycles. The number of ether oxygens (including phenoxy) is 1. The second-order valence-corrected chi connectivity index (χ2v) is 4.82. The van der Waals surface area contributed by atoms with Gasteiger partial charge >= 0.3 is 5.97 Å². The first-order valence-corrected chi connectivity index (χ1v) is 6.32. The largest absolute Gasteiger partial charge is 0.469 e. The summed E-state index contributed by atoms with van der Waals surface area (Å²) >= 11 is 6.95. The van der Waals surface area contributed by atoms with E-state index in [9.17, 15) is 9.18 Å². The Labute approximate surface area is 112 Å². The van der Waals surface area contributed by atoms with E-state index in [1.165, 1.54) is 24.5 Å². The Bertz CT molecular complexity index is 585. The lowest BCUT2D eigenvalue weighted by Crippen LogP contribution is -2.04. The maximum atomic E-state index is 13.7. The summed E-state index contributed by atoms with van der Waals surface area (Å²) in [6, 6.07) is 4.40. The fourth-order valence-corrected chi connectivity index (χ4v) is 2.40. The lowest BCUT2D eigenvalue weighted by atomic mass is 10.2. The van der Waals surface area contributed by atoms with Crippen LogP contribution in [-0.4, -0.2) is 18.1 Å². The van der Waals surface area contributed by atoms with Crippen LogP contribution in [0, 0.1) is 5.82 Å². The molecular weight excluding hydrogens is 277 g/mol. The molecule has 0 N–H and O–H groups in total. The van der Waals surface area contributed by atoms with E-state index in [0.29, 0.717) is 21.3 Å². The molecule has 1 aromatic heterocycles. The Hall–Kier alpha value is -1.46. The molecule has 18 heavy (non-hydrogen) atoms. The lowest BCUT2D eigenvalue weighted by Gasteiger charge is -1.99. The van der Waals surface area contributed by atoms with Crippen LogP contribution in [0.3, 0.4) is 0 Å². The Morgan fingerprint density at radius 1 is 1.56 bits per heavy atom. The van der Waals surface area contributed by atoms with Gasteiger partial charge in [0.1, 0.15) is 10.8 Å². The van der Waals surface area contributed by atoms with Crippen molar-refractivity contribution in [3.05, 3.63) is 40.1 Å². The third-order valence-corrected chi connectivity index (χ3v) is 3.43. The number of hydrogen-bond acceptors (Lipinski definition) is 4. The van der Waals surface area contributed by atoms with E-state index in [0.717, 1.165) is 0 Å². The molecule has 1 aromatic carbocycles. The van der Waals surface area contributed by atoms with Gasteiger partial charge in [-0.2, -0.15) is 0 Å². The Morgan fingerprint density at radius 3 is 3.00 bits per heavy atom. The van der Waals surface area contributed by atoms with Crippen LogP contribution >= 0.6 is 22.9 Å². The number of carbonyl (C=O) groups is 1. The predicted molar refractivity (Wildman–Crippen MR) is 68.2 cm³/mol. The van der Waals surface area contributed by atoms with E-state index >= 15 is 0 Å². The van der Waals surface area contributed by atoms with Crippen LogP contribution < -0.4 is 0 Å². The van der Waals surface area contributed by atoms with Crippen molar-refractivity contribution in [3.63, 3.8) is 0 Å². The highest BCUT2D eigenvalue weighted by Crippen LogP contribution is 2.28. The van der Waals surface area contributed by atoms with Crippen LogP contribution in [0.15, 0.2) is 23.6 Å². The molecule has 0 radical (unpaired) electrons. The second kappa shape index (κ2) is 5.46. The zero-order valence-corrected chi connectivity index (χ0v) is 11.0. The summed E-state index contributed by atoms with van der Waals surface area (Å²) in [6.07, 6.45) is 0.0855. The molecule has 2 rings (SSSR count). The standard InChI is InChI=1S/C12H9ClFNO2S/c1-17-11(16)5-8-6-18-12(15-8)9-3-2-7(13)4-10(9)14/h2-4,6H,5H2,1H3. The molecule has 0 unspecified atom stereocenters. The molecule has 0 saturated heterocycles. The van der Waals surface area contributed by atoms with Gasteiger partial charge in [0.15, 0.2) is 0 Å². The summed E-state index contributed by atoms with van der Waals surface area (Å²) in [5.41, 5.74) is 0.941. The first-order valence-electron chi connectivity index (χ1n) is 5.07. The van der Waals surface area contributed by atoms with Crippen molar-refractivity contribution in [3.8, 4) is 10.6 Å². The first kappa shape index (κ1) is 13.0. The van der Waals surface area contributed by atoms with Gasteiger partial charge in [-0.05, 0) is 18.2 Å². The van der Waals surface area contributed by atoms with E-state index < -0.39 is 5.82 Å².